The first-order chi connectivity index (χ1) is 6.99. The van der Waals surface area contributed by atoms with Gasteiger partial charge in [-0.25, -0.2) is 4.39 Å². The van der Waals surface area contributed by atoms with Gasteiger partial charge in [-0.05, 0) is 30.0 Å². The van der Waals surface area contributed by atoms with Crippen LogP contribution in [0.1, 0.15) is 25.8 Å². The molecule has 1 fully saturated rings. The molecule has 2 rings (SSSR count). The number of nitrogens with one attached hydrogen (secondary N) is 1. The van der Waals surface area contributed by atoms with Gasteiger partial charge in [-0.1, -0.05) is 25.4 Å². The summed E-state index contributed by atoms with van der Waals surface area (Å²) in [6.07, 6.45) is 1.16. The van der Waals surface area contributed by atoms with E-state index < -0.39 is 0 Å². The molecule has 0 saturated heterocycles. The van der Waals surface area contributed by atoms with Crippen molar-refractivity contribution >= 4 is 11.6 Å². The monoisotopic (exact) mass is 227 g/mol. The summed E-state index contributed by atoms with van der Waals surface area (Å²) in [4.78, 5) is 0. The Bertz CT molecular complexity index is 376. The summed E-state index contributed by atoms with van der Waals surface area (Å²) in [6.45, 7) is 4.97. The van der Waals surface area contributed by atoms with E-state index in [9.17, 15) is 4.39 Å². The minimum absolute atomic E-state index is 0.189. The van der Waals surface area contributed by atoms with Gasteiger partial charge in [-0.3, -0.25) is 0 Å². The molecule has 0 bridgehead atoms. The molecule has 0 spiro atoms. The Morgan fingerprint density at radius 1 is 1.53 bits per heavy atom. The zero-order valence-electron chi connectivity index (χ0n) is 8.98. The summed E-state index contributed by atoms with van der Waals surface area (Å²) < 4.78 is 13.3. The van der Waals surface area contributed by atoms with E-state index in [0.29, 0.717) is 28.6 Å². The SMILES string of the molecule is CC1(C)CC1NCc1cc(Cl)ccc1F. The lowest BCUT2D eigenvalue weighted by atomic mass is 10.1. The van der Waals surface area contributed by atoms with Gasteiger partial charge in [0, 0.05) is 23.2 Å². The fourth-order valence-corrected chi connectivity index (χ4v) is 1.92. The van der Waals surface area contributed by atoms with Crippen LogP contribution >= 0.6 is 11.6 Å². The van der Waals surface area contributed by atoms with E-state index >= 15 is 0 Å². The maximum atomic E-state index is 13.3. The highest BCUT2D eigenvalue weighted by molar-refractivity contribution is 6.30. The van der Waals surface area contributed by atoms with E-state index in [1.807, 2.05) is 0 Å². The molecule has 1 saturated carbocycles. The molecule has 1 atom stereocenters. The van der Waals surface area contributed by atoms with Crippen LogP contribution in [-0.4, -0.2) is 6.04 Å². The summed E-state index contributed by atoms with van der Waals surface area (Å²) >= 11 is 5.81. The highest BCUT2D eigenvalue weighted by Gasteiger charge is 2.45. The lowest BCUT2D eigenvalue weighted by Gasteiger charge is -2.07. The van der Waals surface area contributed by atoms with Crippen molar-refractivity contribution in [1.29, 1.82) is 0 Å². The van der Waals surface area contributed by atoms with Crippen LogP contribution in [-0.2, 0) is 6.54 Å². The molecule has 0 amide bonds. The average molecular weight is 228 g/mol. The second-order valence-corrected chi connectivity index (χ2v) is 5.30. The van der Waals surface area contributed by atoms with Gasteiger partial charge in [-0.2, -0.15) is 0 Å². The first kappa shape index (κ1) is 10.9. The lowest BCUT2D eigenvalue weighted by molar-refractivity contribution is 0.528. The van der Waals surface area contributed by atoms with Gasteiger partial charge in [-0.15, -0.1) is 0 Å². The fraction of sp³-hybridized carbons (Fsp3) is 0.500. The molecular formula is C12H15ClFN. The molecule has 0 radical (unpaired) electrons. The topological polar surface area (TPSA) is 12.0 Å². The molecule has 0 aliphatic heterocycles. The van der Waals surface area contributed by atoms with Crippen molar-refractivity contribution in [3.05, 3.63) is 34.6 Å². The van der Waals surface area contributed by atoms with Gasteiger partial charge in [0.05, 0.1) is 0 Å². The molecule has 1 aromatic carbocycles. The van der Waals surface area contributed by atoms with Crippen molar-refractivity contribution in [3.63, 3.8) is 0 Å². The molecule has 1 unspecified atom stereocenters. The molecule has 15 heavy (non-hydrogen) atoms. The Kier molecular flexibility index (Phi) is 2.73. The van der Waals surface area contributed by atoms with Crippen molar-refractivity contribution in [2.45, 2.75) is 32.9 Å². The third-order valence-electron chi connectivity index (χ3n) is 3.06. The molecule has 1 aliphatic carbocycles. The number of rotatable bonds is 3. The predicted molar refractivity (Wildman–Crippen MR) is 60.4 cm³/mol. The lowest BCUT2D eigenvalue weighted by Crippen LogP contribution is -2.20. The van der Waals surface area contributed by atoms with Gasteiger partial charge in [0.2, 0.25) is 0 Å². The largest absolute Gasteiger partial charge is 0.309 e. The second kappa shape index (κ2) is 3.76. The van der Waals surface area contributed by atoms with Crippen molar-refractivity contribution in [3.8, 4) is 0 Å². The summed E-state index contributed by atoms with van der Waals surface area (Å²) in [7, 11) is 0. The van der Waals surface area contributed by atoms with Crippen molar-refractivity contribution < 1.29 is 4.39 Å². The van der Waals surface area contributed by atoms with E-state index in [-0.39, 0.29) is 5.82 Å². The van der Waals surface area contributed by atoms with E-state index in [2.05, 4.69) is 19.2 Å². The van der Waals surface area contributed by atoms with Crippen LogP contribution in [0.25, 0.3) is 0 Å². The second-order valence-electron chi connectivity index (χ2n) is 4.86. The van der Waals surface area contributed by atoms with E-state index in [4.69, 9.17) is 11.6 Å². The number of benzene rings is 1. The standard InChI is InChI=1S/C12H15ClFN/c1-12(2)6-11(12)15-7-8-5-9(13)3-4-10(8)14/h3-5,11,15H,6-7H2,1-2H3. The van der Waals surface area contributed by atoms with E-state index in [0.717, 1.165) is 6.42 Å². The predicted octanol–water partition coefficient (Wildman–Crippen LogP) is 3.37. The van der Waals surface area contributed by atoms with Crippen LogP contribution in [0.5, 0.6) is 0 Å². The van der Waals surface area contributed by atoms with Crippen LogP contribution < -0.4 is 5.32 Å². The Morgan fingerprint density at radius 3 is 2.80 bits per heavy atom. The van der Waals surface area contributed by atoms with Gasteiger partial charge in [0.15, 0.2) is 0 Å². The Hall–Kier alpha value is -0.600. The molecule has 0 aromatic heterocycles. The average Bonchev–Trinajstić information content (AvgIpc) is 2.76. The molecule has 1 N–H and O–H groups in total. The summed E-state index contributed by atoms with van der Waals surface area (Å²) in [6, 6.07) is 5.17. The molecular weight excluding hydrogens is 213 g/mol. The minimum Gasteiger partial charge on any atom is -0.309 e. The van der Waals surface area contributed by atoms with Crippen LogP contribution in [0, 0.1) is 11.2 Å². The zero-order valence-corrected chi connectivity index (χ0v) is 9.74. The maximum absolute atomic E-state index is 13.3. The zero-order chi connectivity index (χ0) is 11.1. The number of hydrogen-bond donors (Lipinski definition) is 1. The summed E-state index contributed by atoms with van der Waals surface area (Å²) in [5.74, 6) is -0.189. The van der Waals surface area contributed by atoms with Crippen molar-refractivity contribution in [2.24, 2.45) is 5.41 Å². The number of hydrogen-bond acceptors (Lipinski definition) is 1. The maximum Gasteiger partial charge on any atom is 0.127 e. The Labute approximate surface area is 94.6 Å². The first-order valence-corrected chi connectivity index (χ1v) is 5.54. The Morgan fingerprint density at radius 2 is 2.20 bits per heavy atom. The molecule has 1 nitrogen and oxygen atoms in total. The first-order valence-electron chi connectivity index (χ1n) is 5.16. The highest BCUT2D eigenvalue weighted by Crippen LogP contribution is 2.44. The minimum atomic E-state index is -0.189. The summed E-state index contributed by atoms with van der Waals surface area (Å²) in [5, 5.41) is 3.92. The molecule has 3 heteroatoms. The van der Waals surface area contributed by atoms with Crippen LogP contribution in [0.15, 0.2) is 18.2 Å². The van der Waals surface area contributed by atoms with Crippen LogP contribution in [0.2, 0.25) is 5.02 Å². The van der Waals surface area contributed by atoms with Crippen LogP contribution in [0.3, 0.4) is 0 Å². The smallest absolute Gasteiger partial charge is 0.127 e. The van der Waals surface area contributed by atoms with Crippen molar-refractivity contribution in [1.82, 2.24) is 5.32 Å². The van der Waals surface area contributed by atoms with Crippen molar-refractivity contribution in [2.75, 3.05) is 0 Å². The van der Waals surface area contributed by atoms with Crippen LogP contribution in [0.4, 0.5) is 4.39 Å². The number of halogens is 2. The fourth-order valence-electron chi connectivity index (χ4n) is 1.73. The highest BCUT2D eigenvalue weighted by atomic mass is 35.5. The van der Waals surface area contributed by atoms with E-state index in [1.165, 1.54) is 6.07 Å². The van der Waals surface area contributed by atoms with Gasteiger partial charge >= 0.3 is 0 Å². The van der Waals surface area contributed by atoms with Gasteiger partial charge in [0.1, 0.15) is 5.82 Å². The molecule has 1 aromatic rings. The molecule has 82 valence electrons. The quantitative estimate of drug-likeness (QED) is 0.835. The van der Waals surface area contributed by atoms with E-state index in [1.54, 1.807) is 12.1 Å². The Balaban J connectivity index is 1.96. The summed E-state index contributed by atoms with van der Waals surface area (Å²) in [5.41, 5.74) is 1.01. The third kappa shape index (κ3) is 2.50. The van der Waals surface area contributed by atoms with Gasteiger partial charge in [0.25, 0.3) is 0 Å². The van der Waals surface area contributed by atoms with Gasteiger partial charge < -0.3 is 5.32 Å². The normalized spacial score (nSPS) is 22.8. The molecule has 0 heterocycles. The third-order valence-corrected chi connectivity index (χ3v) is 3.30. The molecule has 1 aliphatic rings.